The van der Waals surface area contributed by atoms with Crippen molar-refractivity contribution in [2.45, 2.75) is 17.7 Å². The smallest absolute Gasteiger partial charge is 0.243 e. The van der Waals surface area contributed by atoms with Gasteiger partial charge >= 0.3 is 0 Å². The topological polar surface area (TPSA) is 69.7 Å². The second-order valence-corrected chi connectivity index (χ2v) is 8.00. The van der Waals surface area contributed by atoms with E-state index in [2.05, 4.69) is 5.32 Å². The van der Waals surface area contributed by atoms with Crippen molar-refractivity contribution in [2.24, 2.45) is 5.92 Å². The van der Waals surface area contributed by atoms with E-state index >= 15 is 0 Å². The van der Waals surface area contributed by atoms with Crippen LogP contribution >= 0.6 is 12.4 Å². The maximum absolute atomic E-state index is 12.6. The van der Waals surface area contributed by atoms with Crippen LogP contribution in [-0.4, -0.2) is 62.8 Å². The third-order valence-corrected chi connectivity index (χ3v) is 6.53. The fraction of sp³-hybridized carbons (Fsp3) is 0.562. The molecule has 1 amide bonds. The first kappa shape index (κ1) is 19.2. The Kier molecular flexibility index (Phi) is 6.62. The molecule has 24 heavy (non-hydrogen) atoms. The Morgan fingerprint density at radius 3 is 2.17 bits per heavy atom. The number of hydrogen-bond donors (Lipinski definition) is 1. The SMILES string of the molecule is Cl.O=C(C1CCNCC1)N1CCN(S(=O)(=O)c2ccccc2)CC1. The summed E-state index contributed by atoms with van der Waals surface area (Å²) in [5.74, 6) is 0.275. The molecular formula is C16H24ClN3O3S. The summed E-state index contributed by atoms with van der Waals surface area (Å²) in [6.07, 6.45) is 1.75. The summed E-state index contributed by atoms with van der Waals surface area (Å²) in [5, 5.41) is 3.26. The number of hydrogen-bond acceptors (Lipinski definition) is 4. The van der Waals surface area contributed by atoms with Crippen LogP contribution < -0.4 is 5.32 Å². The lowest BCUT2D eigenvalue weighted by Crippen LogP contribution is -2.52. The number of benzene rings is 1. The minimum Gasteiger partial charge on any atom is -0.340 e. The summed E-state index contributed by atoms with van der Waals surface area (Å²) in [7, 11) is -3.45. The molecule has 0 radical (unpaired) electrons. The highest BCUT2D eigenvalue weighted by Gasteiger charge is 2.32. The van der Waals surface area contributed by atoms with Crippen LogP contribution in [0.3, 0.4) is 0 Å². The van der Waals surface area contributed by atoms with Crippen LogP contribution in [0.5, 0.6) is 0 Å². The highest BCUT2D eigenvalue weighted by atomic mass is 35.5. The third-order valence-electron chi connectivity index (χ3n) is 4.62. The van der Waals surface area contributed by atoms with Gasteiger partial charge in [0.2, 0.25) is 15.9 Å². The number of amides is 1. The lowest BCUT2D eigenvalue weighted by molar-refractivity contribution is -0.137. The molecule has 2 aliphatic rings. The summed E-state index contributed by atoms with van der Waals surface area (Å²) in [6.45, 7) is 3.48. The normalized spacial score (nSPS) is 20.4. The molecule has 1 aromatic carbocycles. The largest absolute Gasteiger partial charge is 0.340 e. The van der Waals surface area contributed by atoms with Gasteiger partial charge in [-0.25, -0.2) is 8.42 Å². The Morgan fingerprint density at radius 2 is 1.58 bits per heavy atom. The number of rotatable bonds is 3. The maximum atomic E-state index is 12.6. The van der Waals surface area contributed by atoms with Crippen molar-refractivity contribution in [3.63, 3.8) is 0 Å². The summed E-state index contributed by atoms with van der Waals surface area (Å²) in [5.41, 5.74) is 0. The number of nitrogens with one attached hydrogen (secondary N) is 1. The fourth-order valence-electron chi connectivity index (χ4n) is 3.22. The van der Waals surface area contributed by atoms with Crippen LogP contribution in [0.2, 0.25) is 0 Å². The monoisotopic (exact) mass is 373 g/mol. The van der Waals surface area contributed by atoms with Gasteiger partial charge in [0.15, 0.2) is 0 Å². The molecule has 2 saturated heterocycles. The molecule has 0 saturated carbocycles. The molecule has 6 nitrogen and oxygen atoms in total. The van der Waals surface area contributed by atoms with E-state index in [1.165, 1.54) is 4.31 Å². The first-order chi connectivity index (χ1) is 11.1. The maximum Gasteiger partial charge on any atom is 0.243 e. The highest BCUT2D eigenvalue weighted by molar-refractivity contribution is 7.89. The first-order valence-corrected chi connectivity index (χ1v) is 9.58. The van der Waals surface area contributed by atoms with E-state index in [9.17, 15) is 13.2 Å². The summed E-state index contributed by atoms with van der Waals surface area (Å²) in [6, 6.07) is 8.48. The van der Waals surface area contributed by atoms with E-state index in [1.54, 1.807) is 30.3 Å². The van der Waals surface area contributed by atoms with Crippen LogP contribution in [0.25, 0.3) is 0 Å². The van der Waals surface area contributed by atoms with Gasteiger partial charge < -0.3 is 10.2 Å². The number of halogens is 1. The zero-order valence-electron chi connectivity index (χ0n) is 13.6. The van der Waals surface area contributed by atoms with E-state index in [1.807, 2.05) is 4.90 Å². The van der Waals surface area contributed by atoms with Crippen molar-refractivity contribution >= 4 is 28.3 Å². The Labute approximate surface area is 149 Å². The van der Waals surface area contributed by atoms with Crippen LogP contribution in [0.4, 0.5) is 0 Å². The van der Waals surface area contributed by atoms with Crippen LogP contribution in [0.15, 0.2) is 35.2 Å². The van der Waals surface area contributed by atoms with E-state index in [0.29, 0.717) is 31.1 Å². The van der Waals surface area contributed by atoms with E-state index in [-0.39, 0.29) is 24.2 Å². The van der Waals surface area contributed by atoms with Crippen molar-refractivity contribution in [1.82, 2.24) is 14.5 Å². The average Bonchev–Trinajstić information content (AvgIpc) is 2.63. The van der Waals surface area contributed by atoms with Gasteiger partial charge in [0, 0.05) is 32.1 Å². The van der Waals surface area contributed by atoms with E-state index < -0.39 is 10.0 Å². The van der Waals surface area contributed by atoms with E-state index in [4.69, 9.17) is 0 Å². The Bertz CT molecular complexity index is 640. The Morgan fingerprint density at radius 1 is 1.00 bits per heavy atom. The fourth-order valence-corrected chi connectivity index (χ4v) is 4.66. The highest BCUT2D eigenvalue weighted by Crippen LogP contribution is 2.20. The summed E-state index contributed by atoms with van der Waals surface area (Å²) in [4.78, 5) is 14.7. The molecule has 0 bridgehead atoms. The zero-order valence-corrected chi connectivity index (χ0v) is 15.2. The molecular weight excluding hydrogens is 350 g/mol. The molecule has 134 valence electrons. The van der Waals surface area contributed by atoms with Crippen molar-refractivity contribution < 1.29 is 13.2 Å². The summed E-state index contributed by atoms with van der Waals surface area (Å²) >= 11 is 0. The van der Waals surface area contributed by atoms with Gasteiger partial charge in [0.25, 0.3) is 0 Å². The predicted octanol–water partition coefficient (Wildman–Crippen LogP) is 0.941. The number of piperidine rings is 1. The number of piperazine rings is 1. The minimum atomic E-state index is -3.45. The molecule has 0 aromatic heterocycles. The molecule has 2 fully saturated rings. The third kappa shape index (κ3) is 4.08. The molecule has 1 N–H and O–H groups in total. The molecule has 8 heteroatoms. The van der Waals surface area contributed by atoms with Crippen LogP contribution in [-0.2, 0) is 14.8 Å². The van der Waals surface area contributed by atoms with Gasteiger partial charge in [-0.3, -0.25) is 4.79 Å². The van der Waals surface area contributed by atoms with E-state index in [0.717, 1.165) is 25.9 Å². The lowest BCUT2D eigenvalue weighted by Gasteiger charge is -2.36. The van der Waals surface area contributed by atoms with Crippen molar-refractivity contribution in [3.8, 4) is 0 Å². The Balaban J connectivity index is 0.00000208. The minimum absolute atomic E-state index is 0. The van der Waals surface area contributed by atoms with Gasteiger partial charge in [0.1, 0.15) is 0 Å². The molecule has 2 heterocycles. The molecule has 0 aliphatic carbocycles. The number of carbonyl (C=O) groups is 1. The molecule has 3 rings (SSSR count). The van der Waals surface area contributed by atoms with Gasteiger partial charge in [-0.15, -0.1) is 12.4 Å². The van der Waals surface area contributed by atoms with Gasteiger partial charge in [0.05, 0.1) is 4.90 Å². The molecule has 1 aromatic rings. The average molecular weight is 374 g/mol. The second kappa shape index (κ2) is 8.29. The van der Waals surface area contributed by atoms with Gasteiger partial charge in [-0.2, -0.15) is 4.31 Å². The van der Waals surface area contributed by atoms with Crippen molar-refractivity contribution in [3.05, 3.63) is 30.3 Å². The van der Waals surface area contributed by atoms with Crippen molar-refractivity contribution in [1.29, 1.82) is 0 Å². The molecule has 0 atom stereocenters. The molecule has 2 aliphatic heterocycles. The van der Waals surface area contributed by atoms with Crippen molar-refractivity contribution in [2.75, 3.05) is 39.3 Å². The number of nitrogens with zero attached hydrogens (tertiary/aromatic N) is 2. The first-order valence-electron chi connectivity index (χ1n) is 8.14. The second-order valence-electron chi connectivity index (χ2n) is 6.07. The number of carbonyl (C=O) groups excluding carboxylic acids is 1. The summed E-state index contributed by atoms with van der Waals surface area (Å²) < 4.78 is 26.6. The van der Waals surface area contributed by atoms with Gasteiger partial charge in [-0.05, 0) is 38.1 Å². The lowest BCUT2D eigenvalue weighted by atomic mass is 9.96. The predicted molar refractivity (Wildman–Crippen MR) is 94.6 cm³/mol. The van der Waals surface area contributed by atoms with Gasteiger partial charge in [-0.1, -0.05) is 18.2 Å². The standard InChI is InChI=1S/C16H23N3O3S.ClH/c20-16(14-6-8-17-9-7-14)18-10-12-19(13-11-18)23(21,22)15-4-2-1-3-5-15;/h1-5,14,17H,6-13H2;1H. The quantitative estimate of drug-likeness (QED) is 0.856. The Hall–Kier alpha value is -1.15. The molecule has 0 spiro atoms. The molecule has 0 unspecified atom stereocenters. The number of sulfonamides is 1. The zero-order chi connectivity index (χ0) is 16.3. The van der Waals surface area contributed by atoms with Crippen LogP contribution in [0, 0.1) is 5.92 Å². The van der Waals surface area contributed by atoms with Crippen LogP contribution in [0.1, 0.15) is 12.8 Å².